The van der Waals surface area contributed by atoms with E-state index in [1.54, 1.807) is 7.11 Å². The summed E-state index contributed by atoms with van der Waals surface area (Å²) in [5, 5.41) is 0.492. The number of nitrogens with two attached hydrogens (primary N) is 1. The lowest BCUT2D eigenvalue weighted by atomic mass is 9.93. The first-order valence-electron chi connectivity index (χ1n) is 13.0. The third kappa shape index (κ3) is 4.90. The normalized spacial score (nSPS) is 18.2. The van der Waals surface area contributed by atoms with Crippen molar-refractivity contribution in [2.24, 2.45) is 0 Å². The zero-order chi connectivity index (χ0) is 27.2. The zero-order valence-corrected chi connectivity index (χ0v) is 23.4. The average molecular weight is 534 g/mol. The molecule has 3 aromatic rings. The van der Waals surface area contributed by atoms with Crippen LogP contribution in [0.15, 0.2) is 48.5 Å². The van der Waals surface area contributed by atoms with Crippen molar-refractivity contribution < 1.29 is 19.1 Å². The van der Waals surface area contributed by atoms with Gasteiger partial charge < -0.3 is 20.1 Å². The summed E-state index contributed by atoms with van der Waals surface area (Å²) in [6.45, 7) is 9.48. The number of benzene rings is 2. The fourth-order valence-corrected chi connectivity index (χ4v) is 6.68. The summed E-state index contributed by atoms with van der Waals surface area (Å²) in [6, 6.07) is 16.2. The second-order valence-electron chi connectivity index (χ2n) is 11.0. The van der Waals surface area contributed by atoms with Gasteiger partial charge in [0.2, 0.25) is 0 Å². The number of carbonyl (C=O) groups is 2. The number of methoxy groups -OCH3 is 1. The predicted octanol–water partition coefficient (Wildman–Crippen LogP) is 5.44. The first kappa shape index (κ1) is 26.3. The number of carbonyl (C=O) groups excluding carboxylic acids is 2. The van der Waals surface area contributed by atoms with Crippen molar-refractivity contribution in [2.45, 2.75) is 64.9 Å². The van der Waals surface area contributed by atoms with Crippen molar-refractivity contribution in [2.75, 3.05) is 19.4 Å². The molecule has 2 aliphatic heterocycles. The molecule has 5 rings (SSSR count). The van der Waals surface area contributed by atoms with Crippen LogP contribution in [-0.4, -0.2) is 47.0 Å². The molecule has 0 spiro atoms. The van der Waals surface area contributed by atoms with Crippen molar-refractivity contribution in [3.63, 3.8) is 0 Å². The molecule has 200 valence electrons. The maximum absolute atomic E-state index is 13.5. The maximum Gasteiger partial charge on any atom is 0.341 e. The fourth-order valence-electron chi connectivity index (χ4n) is 5.58. The number of fused-ring (bicyclic) bond motifs is 2. The van der Waals surface area contributed by atoms with Gasteiger partial charge in [0.15, 0.2) is 0 Å². The highest BCUT2D eigenvalue weighted by Crippen LogP contribution is 2.41. The topological polar surface area (TPSA) is 85.1 Å². The Kier molecular flexibility index (Phi) is 6.96. The van der Waals surface area contributed by atoms with E-state index in [1.165, 1.54) is 16.9 Å². The molecule has 7 nitrogen and oxygen atoms in total. The molecule has 38 heavy (non-hydrogen) atoms. The number of esters is 1. The minimum Gasteiger partial charge on any atom is -0.496 e. The Morgan fingerprint density at radius 2 is 1.87 bits per heavy atom. The average Bonchev–Trinajstić information content (AvgIpc) is 3.37. The SMILES string of the molecule is COc1cccc2c1C(=O)N(CC1Cc3c(sc(N)c3C(=O)OC(C)(C)C)CN1[C@@H](C)c1ccccc1)C2. The zero-order valence-electron chi connectivity index (χ0n) is 22.6. The number of amides is 1. The number of hydrogen-bond donors (Lipinski definition) is 1. The van der Waals surface area contributed by atoms with Gasteiger partial charge in [-0.15, -0.1) is 11.3 Å². The largest absolute Gasteiger partial charge is 0.496 e. The van der Waals surface area contributed by atoms with Gasteiger partial charge in [0.05, 0.1) is 18.2 Å². The molecule has 2 aliphatic rings. The van der Waals surface area contributed by atoms with Gasteiger partial charge in [-0.1, -0.05) is 42.5 Å². The van der Waals surface area contributed by atoms with Crippen LogP contribution in [0.2, 0.25) is 0 Å². The summed E-state index contributed by atoms with van der Waals surface area (Å²) in [5.41, 5.74) is 10.0. The first-order valence-corrected chi connectivity index (χ1v) is 13.8. The Bertz CT molecular complexity index is 1360. The Balaban J connectivity index is 1.49. The molecule has 0 bridgehead atoms. The van der Waals surface area contributed by atoms with E-state index in [-0.39, 0.29) is 24.0 Å². The van der Waals surface area contributed by atoms with Gasteiger partial charge in [0.25, 0.3) is 5.91 Å². The van der Waals surface area contributed by atoms with Crippen LogP contribution in [0, 0.1) is 0 Å². The Labute approximate surface area is 228 Å². The minimum absolute atomic E-state index is 0.0165. The van der Waals surface area contributed by atoms with Crippen molar-refractivity contribution >= 4 is 28.2 Å². The Hall–Kier alpha value is -3.36. The standard InChI is InChI=1S/C30H35N3O4S/c1-18(19-10-7-6-8-11-19)33-17-24-22(26(27(31)38-24)29(35)37-30(2,3)4)14-21(33)16-32-15-20-12-9-13-23(36-5)25(20)28(32)34/h6-13,18,21H,14-17,31H2,1-5H3/t18-,21?/m0/s1. The van der Waals surface area contributed by atoms with Gasteiger partial charge in [0.1, 0.15) is 16.4 Å². The predicted molar refractivity (Wildman–Crippen MR) is 150 cm³/mol. The van der Waals surface area contributed by atoms with Crippen LogP contribution < -0.4 is 10.5 Å². The summed E-state index contributed by atoms with van der Waals surface area (Å²) in [6.07, 6.45) is 0.603. The molecular weight excluding hydrogens is 498 g/mol. The molecular formula is C30H35N3O4S. The van der Waals surface area contributed by atoms with Crippen LogP contribution in [-0.2, 0) is 24.2 Å². The number of hydrogen-bond acceptors (Lipinski definition) is 7. The number of ether oxygens (including phenoxy) is 2. The molecule has 1 unspecified atom stereocenters. The summed E-state index contributed by atoms with van der Waals surface area (Å²) >= 11 is 1.47. The van der Waals surface area contributed by atoms with Gasteiger partial charge in [-0.3, -0.25) is 9.69 Å². The van der Waals surface area contributed by atoms with E-state index in [0.29, 0.717) is 47.9 Å². The lowest BCUT2D eigenvalue weighted by molar-refractivity contribution is 0.00676. The Morgan fingerprint density at radius 1 is 1.13 bits per heavy atom. The van der Waals surface area contributed by atoms with Gasteiger partial charge in [-0.2, -0.15) is 0 Å². The molecule has 0 fully saturated rings. The molecule has 1 amide bonds. The van der Waals surface area contributed by atoms with Gasteiger partial charge >= 0.3 is 5.97 Å². The van der Waals surface area contributed by atoms with Crippen molar-refractivity contribution in [1.29, 1.82) is 0 Å². The summed E-state index contributed by atoms with van der Waals surface area (Å²) in [7, 11) is 1.59. The van der Waals surface area contributed by atoms with E-state index >= 15 is 0 Å². The van der Waals surface area contributed by atoms with Crippen LogP contribution >= 0.6 is 11.3 Å². The second-order valence-corrected chi connectivity index (χ2v) is 12.2. The quantitative estimate of drug-likeness (QED) is 0.425. The van der Waals surface area contributed by atoms with Crippen molar-refractivity contribution in [3.05, 3.63) is 81.2 Å². The maximum atomic E-state index is 13.5. The van der Waals surface area contributed by atoms with Gasteiger partial charge in [-0.05, 0) is 56.9 Å². The van der Waals surface area contributed by atoms with E-state index in [9.17, 15) is 9.59 Å². The van der Waals surface area contributed by atoms with E-state index in [2.05, 4.69) is 24.0 Å². The highest BCUT2D eigenvalue weighted by atomic mass is 32.1. The van der Waals surface area contributed by atoms with E-state index < -0.39 is 5.60 Å². The first-order chi connectivity index (χ1) is 18.1. The van der Waals surface area contributed by atoms with E-state index in [1.807, 2.05) is 62.1 Å². The van der Waals surface area contributed by atoms with Crippen LogP contribution in [0.1, 0.15) is 76.0 Å². The van der Waals surface area contributed by atoms with Crippen molar-refractivity contribution in [1.82, 2.24) is 9.80 Å². The Morgan fingerprint density at radius 3 is 2.55 bits per heavy atom. The van der Waals surface area contributed by atoms with Crippen LogP contribution in [0.5, 0.6) is 5.75 Å². The molecule has 2 aromatic carbocycles. The molecule has 2 atom stereocenters. The van der Waals surface area contributed by atoms with Crippen LogP contribution in [0.25, 0.3) is 0 Å². The molecule has 0 aliphatic carbocycles. The number of anilines is 1. The highest BCUT2D eigenvalue weighted by Gasteiger charge is 2.39. The van der Waals surface area contributed by atoms with E-state index in [4.69, 9.17) is 15.2 Å². The lowest BCUT2D eigenvalue weighted by Crippen LogP contribution is -2.48. The molecule has 0 saturated carbocycles. The smallest absolute Gasteiger partial charge is 0.341 e. The number of thiophene rings is 1. The van der Waals surface area contributed by atoms with Gasteiger partial charge in [0, 0.05) is 36.6 Å². The summed E-state index contributed by atoms with van der Waals surface area (Å²) < 4.78 is 11.2. The number of nitrogen functional groups attached to an aromatic ring is 1. The molecule has 0 saturated heterocycles. The molecule has 2 N–H and O–H groups in total. The molecule has 0 radical (unpaired) electrons. The molecule has 1 aromatic heterocycles. The number of nitrogens with zero attached hydrogens (tertiary/aromatic N) is 2. The second kappa shape index (κ2) is 10.1. The van der Waals surface area contributed by atoms with Gasteiger partial charge in [-0.25, -0.2) is 4.79 Å². The van der Waals surface area contributed by atoms with Crippen molar-refractivity contribution in [3.8, 4) is 5.75 Å². The lowest BCUT2D eigenvalue weighted by Gasteiger charge is -2.41. The summed E-state index contributed by atoms with van der Waals surface area (Å²) in [4.78, 5) is 32.1. The highest BCUT2D eigenvalue weighted by molar-refractivity contribution is 7.16. The fraction of sp³-hybridized carbons (Fsp3) is 0.400. The molecule has 8 heteroatoms. The van der Waals surface area contributed by atoms with E-state index in [0.717, 1.165) is 16.0 Å². The monoisotopic (exact) mass is 533 g/mol. The third-order valence-corrected chi connectivity index (χ3v) is 8.41. The number of rotatable bonds is 6. The van der Waals surface area contributed by atoms with Crippen LogP contribution in [0.4, 0.5) is 5.00 Å². The minimum atomic E-state index is -0.618. The molecule has 3 heterocycles. The third-order valence-electron chi connectivity index (χ3n) is 7.36. The van der Waals surface area contributed by atoms with Crippen LogP contribution in [0.3, 0.4) is 0 Å². The summed E-state index contributed by atoms with van der Waals surface area (Å²) in [5.74, 6) is 0.200.